The zero-order valence-electron chi connectivity index (χ0n) is 6.16. The first-order valence-corrected chi connectivity index (χ1v) is 3.66. The van der Waals surface area contributed by atoms with E-state index in [4.69, 9.17) is 17.5 Å². The molecule has 0 radical (unpaired) electrons. The van der Waals surface area contributed by atoms with E-state index in [2.05, 4.69) is 6.07 Å². The fourth-order valence-corrected chi connectivity index (χ4v) is 0.935. The molecule has 0 saturated carbocycles. The van der Waals surface area contributed by atoms with Crippen LogP contribution in [0.5, 0.6) is 0 Å². The van der Waals surface area contributed by atoms with Gasteiger partial charge in [0.2, 0.25) is 0 Å². The highest BCUT2D eigenvalue weighted by molar-refractivity contribution is 7.80. The molecule has 0 unspecified atom stereocenters. The Balaban J connectivity index is 3.13. The van der Waals surface area contributed by atoms with Crippen LogP contribution in [0.3, 0.4) is 0 Å². The van der Waals surface area contributed by atoms with Gasteiger partial charge in [0.15, 0.2) is 0 Å². The Morgan fingerprint density at radius 1 is 1.55 bits per heavy atom. The SMILES string of the molecule is CC(=S)c1cccc(C#N)c1. The second kappa shape index (κ2) is 3.27. The largest absolute Gasteiger partial charge is 0.192 e. The first-order valence-electron chi connectivity index (χ1n) is 3.25. The van der Waals surface area contributed by atoms with E-state index in [9.17, 15) is 0 Å². The predicted molar refractivity (Wildman–Crippen MR) is 48.5 cm³/mol. The van der Waals surface area contributed by atoms with Gasteiger partial charge in [-0.25, -0.2) is 0 Å². The third-order valence-corrected chi connectivity index (χ3v) is 1.63. The van der Waals surface area contributed by atoms with E-state index in [-0.39, 0.29) is 0 Å². The Hall–Kier alpha value is -1.20. The van der Waals surface area contributed by atoms with Crippen molar-refractivity contribution < 1.29 is 0 Å². The number of nitrogens with zero attached hydrogens (tertiary/aromatic N) is 1. The van der Waals surface area contributed by atoms with Crippen LogP contribution < -0.4 is 0 Å². The molecule has 0 atom stereocenters. The van der Waals surface area contributed by atoms with Crippen LogP contribution in [0.2, 0.25) is 0 Å². The van der Waals surface area contributed by atoms with Gasteiger partial charge in [-0.05, 0) is 24.6 Å². The van der Waals surface area contributed by atoms with Gasteiger partial charge in [-0.15, -0.1) is 0 Å². The van der Waals surface area contributed by atoms with Crippen molar-refractivity contribution in [3.63, 3.8) is 0 Å². The minimum absolute atomic E-state index is 0.659. The zero-order valence-corrected chi connectivity index (χ0v) is 6.98. The molecule has 0 bridgehead atoms. The third kappa shape index (κ3) is 1.86. The zero-order chi connectivity index (χ0) is 8.27. The van der Waals surface area contributed by atoms with Gasteiger partial charge < -0.3 is 0 Å². The number of thiocarbonyl (C=S) groups is 1. The molecule has 0 spiro atoms. The van der Waals surface area contributed by atoms with Crippen LogP contribution in [0.15, 0.2) is 24.3 Å². The topological polar surface area (TPSA) is 23.8 Å². The summed E-state index contributed by atoms with van der Waals surface area (Å²) in [6, 6.07) is 9.37. The highest BCUT2D eigenvalue weighted by atomic mass is 32.1. The number of benzene rings is 1. The van der Waals surface area contributed by atoms with Gasteiger partial charge in [-0.2, -0.15) is 5.26 Å². The molecular weight excluding hydrogens is 154 g/mol. The molecule has 0 N–H and O–H groups in total. The quantitative estimate of drug-likeness (QED) is 0.466. The van der Waals surface area contributed by atoms with Crippen LogP contribution >= 0.6 is 12.2 Å². The van der Waals surface area contributed by atoms with E-state index in [1.807, 2.05) is 19.1 Å². The van der Waals surface area contributed by atoms with Crippen molar-refractivity contribution in [1.29, 1.82) is 5.26 Å². The summed E-state index contributed by atoms with van der Waals surface area (Å²) in [5.41, 5.74) is 1.62. The minimum Gasteiger partial charge on any atom is -0.192 e. The Morgan fingerprint density at radius 3 is 2.82 bits per heavy atom. The van der Waals surface area contributed by atoms with Gasteiger partial charge in [0.05, 0.1) is 11.6 Å². The predicted octanol–water partition coefficient (Wildman–Crippen LogP) is 2.30. The summed E-state index contributed by atoms with van der Waals surface area (Å²) >= 11 is 4.96. The third-order valence-electron chi connectivity index (χ3n) is 1.40. The summed E-state index contributed by atoms with van der Waals surface area (Å²) in [4.78, 5) is 0.821. The number of nitriles is 1. The summed E-state index contributed by atoms with van der Waals surface area (Å²) in [6.45, 7) is 1.85. The fourth-order valence-electron chi connectivity index (χ4n) is 0.808. The van der Waals surface area contributed by atoms with Crippen LogP contribution in [0.25, 0.3) is 0 Å². The van der Waals surface area contributed by atoms with Gasteiger partial charge >= 0.3 is 0 Å². The summed E-state index contributed by atoms with van der Waals surface area (Å²) in [7, 11) is 0. The summed E-state index contributed by atoms with van der Waals surface area (Å²) in [5, 5.41) is 8.55. The Morgan fingerprint density at radius 2 is 2.27 bits per heavy atom. The first kappa shape index (κ1) is 7.90. The summed E-state index contributed by atoms with van der Waals surface area (Å²) in [6.07, 6.45) is 0. The van der Waals surface area contributed by atoms with E-state index in [0.29, 0.717) is 5.56 Å². The maximum atomic E-state index is 8.55. The normalized spacial score (nSPS) is 8.73. The second-order valence-electron chi connectivity index (χ2n) is 2.25. The number of hydrogen-bond acceptors (Lipinski definition) is 2. The molecule has 1 nitrogen and oxygen atoms in total. The average molecular weight is 161 g/mol. The van der Waals surface area contributed by atoms with Crippen LogP contribution in [0.4, 0.5) is 0 Å². The highest BCUT2D eigenvalue weighted by Crippen LogP contribution is 2.04. The van der Waals surface area contributed by atoms with E-state index in [1.54, 1.807) is 12.1 Å². The van der Waals surface area contributed by atoms with E-state index in [1.165, 1.54) is 0 Å². The monoisotopic (exact) mass is 161 g/mol. The van der Waals surface area contributed by atoms with E-state index < -0.39 is 0 Å². The van der Waals surface area contributed by atoms with E-state index in [0.717, 1.165) is 10.4 Å². The van der Waals surface area contributed by atoms with Gasteiger partial charge in [0, 0.05) is 4.86 Å². The minimum atomic E-state index is 0.659. The molecule has 0 aliphatic heterocycles. The van der Waals surface area contributed by atoms with Crippen molar-refractivity contribution in [1.82, 2.24) is 0 Å². The molecule has 0 amide bonds. The van der Waals surface area contributed by atoms with Crippen molar-refractivity contribution in [2.45, 2.75) is 6.92 Å². The molecule has 0 saturated heterocycles. The molecule has 1 aromatic rings. The van der Waals surface area contributed by atoms with Crippen molar-refractivity contribution in [3.8, 4) is 6.07 Å². The highest BCUT2D eigenvalue weighted by Gasteiger charge is 1.94. The number of rotatable bonds is 1. The first-order chi connectivity index (χ1) is 5.24. The lowest BCUT2D eigenvalue weighted by molar-refractivity contribution is 1.48. The molecule has 0 fully saturated rings. The molecular formula is C9H7NS. The molecule has 54 valence electrons. The Kier molecular flexibility index (Phi) is 2.35. The van der Waals surface area contributed by atoms with Crippen LogP contribution in [0.1, 0.15) is 18.1 Å². The number of hydrogen-bond donors (Lipinski definition) is 0. The van der Waals surface area contributed by atoms with Crippen LogP contribution in [-0.4, -0.2) is 4.86 Å². The molecule has 0 aliphatic carbocycles. The Labute approximate surface area is 71.3 Å². The molecule has 2 heteroatoms. The second-order valence-corrected chi connectivity index (χ2v) is 2.86. The molecule has 1 aromatic carbocycles. The maximum Gasteiger partial charge on any atom is 0.0991 e. The van der Waals surface area contributed by atoms with Crippen molar-refractivity contribution in [2.24, 2.45) is 0 Å². The lowest BCUT2D eigenvalue weighted by atomic mass is 10.1. The van der Waals surface area contributed by atoms with Crippen molar-refractivity contribution in [2.75, 3.05) is 0 Å². The molecule has 1 rings (SSSR count). The molecule has 0 aliphatic rings. The van der Waals surface area contributed by atoms with Gasteiger partial charge in [-0.1, -0.05) is 24.4 Å². The van der Waals surface area contributed by atoms with Crippen molar-refractivity contribution in [3.05, 3.63) is 35.4 Å². The van der Waals surface area contributed by atoms with E-state index >= 15 is 0 Å². The fraction of sp³-hybridized carbons (Fsp3) is 0.111. The smallest absolute Gasteiger partial charge is 0.0991 e. The van der Waals surface area contributed by atoms with Gasteiger partial charge in [-0.3, -0.25) is 0 Å². The maximum absolute atomic E-state index is 8.55. The molecule has 11 heavy (non-hydrogen) atoms. The molecule has 0 heterocycles. The van der Waals surface area contributed by atoms with Crippen molar-refractivity contribution >= 4 is 17.1 Å². The lowest BCUT2D eigenvalue weighted by Gasteiger charge is -1.95. The average Bonchev–Trinajstić information content (AvgIpc) is 2.05. The van der Waals surface area contributed by atoms with Crippen LogP contribution in [-0.2, 0) is 0 Å². The Bertz CT molecular complexity index is 323. The van der Waals surface area contributed by atoms with Gasteiger partial charge in [0.1, 0.15) is 0 Å². The van der Waals surface area contributed by atoms with Gasteiger partial charge in [0.25, 0.3) is 0 Å². The summed E-state index contributed by atoms with van der Waals surface area (Å²) < 4.78 is 0. The van der Waals surface area contributed by atoms with Crippen LogP contribution in [0, 0.1) is 11.3 Å². The standard InChI is InChI=1S/C9H7NS/c1-7(11)9-4-2-3-8(5-9)6-10/h2-5H,1H3. The lowest BCUT2D eigenvalue weighted by Crippen LogP contribution is -1.89. The molecule has 0 aromatic heterocycles. The summed E-state index contributed by atoms with van der Waals surface area (Å²) in [5.74, 6) is 0.